The molecule has 0 aliphatic rings. The summed E-state index contributed by atoms with van der Waals surface area (Å²) < 4.78 is 10.2. The van der Waals surface area contributed by atoms with Crippen LogP contribution in [-0.2, 0) is 6.54 Å². The van der Waals surface area contributed by atoms with Crippen molar-refractivity contribution in [3.8, 4) is 11.5 Å². The summed E-state index contributed by atoms with van der Waals surface area (Å²) in [4.78, 5) is 4.28. The van der Waals surface area contributed by atoms with Crippen molar-refractivity contribution in [3.05, 3.63) is 53.1 Å². The number of aliphatic imine (C=N–C) groups is 1. The highest BCUT2D eigenvalue weighted by Gasteiger charge is 2.02. The number of benzene rings is 2. The van der Waals surface area contributed by atoms with E-state index in [0.29, 0.717) is 23.3 Å². The Morgan fingerprint density at radius 1 is 1.14 bits per heavy atom. The van der Waals surface area contributed by atoms with Gasteiger partial charge in [-0.05, 0) is 42.0 Å². The third-order valence-corrected chi connectivity index (χ3v) is 3.31. The summed E-state index contributed by atoms with van der Waals surface area (Å²) in [5, 5.41) is 3.57. The third kappa shape index (κ3) is 4.30. The van der Waals surface area contributed by atoms with E-state index in [1.54, 1.807) is 20.3 Å². The van der Waals surface area contributed by atoms with Gasteiger partial charge in [0.15, 0.2) is 5.96 Å². The molecule has 22 heavy (non-hydrogen) atoms. The van der Waals surface area contributed by atoms with Gasteiger partial charge in [0.05, 0.1) is 25.8 Å². The molecule has 0 radical (unpaired) electrons. The van der Waals surface area contributed by atoms with Crippen LogP contribution in [0.3, 0.4) is 0 Å². The van der Waals surface area contributed by atoms with Crippen molar-refractivity contribution in [3.63, 3.8) is 0 Å². The second-order valence-corrected chi connectivity index (χ2v) is 4.93. The largest absolute Gasteiger partial charge is 0.497 e. The molecule has 3 N–H and O–H groups in total. The molecule has 0 fully saturated rings. The molecular formula is C16H18ClN3O2. The highest BCUT2D eigenvalue weighted by Crippen LogP contribution is 2.25. The standard InChI is InChI=1S/C16H18ClN3O2/c1-21-13-6-4-12(5-7-13)20-16(18)19-10-11-3-8-15(22-2)14(17)9-11/h3-9H,10H2,1-2H3,(H3,18,19,20). The molecule has 0 heterocycles. The predicted molar refractivity (Wildman–Crippen MR) is 89.9 cm³/mol. The third-order valence-electron chi connectivity index (χ3n) is 3.01. The van der Waals surface area contributed by atoms with Gasteiger partial charge in [-0.1, -0.05) is 17.7 Å². The lowest BCUT2D eigenvalue weighted by Crippen LogP contribution is -2.22. The van der Waals surface area contributed by atoms with E-state index in [4.69, 9.17) is 26.8 Å². The first kappa shape index (κ1) is 16.0. The van der Waals surface area contributed by atoms with Crippen LogP contribution < -0.4 is 20.5 Å². The fourth-order valence-electron chi connectivity index (χ4n) is 1.85. The zero-order chi connectivity index (χ0) is 15.9. The Balaban J connectivity index is 1.98. The van der Waals surface area contributed by atoms with Crippen LogP contribution in [0.5, 0.6) is 11.5 Å². The molecule has 0 spiro atoms. The Kier molecular flexibility index (Phi) is 5.49. The maximum absolute atomic E-state index is 6.07. The van der Waals surface area contributed by atoms with Gasteiger partial charge in [0.25, 0.3) is 0 Å². The highest BCUT2D eigenvalue weighted by molar-refractivity contribution is 6.32. The molecule has 2 rings (SSSR count). The summed E-state index contributed by atoms with van der Waals surface area (Å²) >= 11 is 6.07. The molecule has 116 valence electrons. The smallest absolute Gasteiger partial charge is 0.193 e. The first-order chi connectivity index (χ1) is 10.6. The molecule has 2 aromatic rings. The minimum absolute atomic E-state index is 0.331. The molecule has 5 nitrogen and oxygen atoms in total. The minimum atomic E-state index is 0.331. The Morgan fingerprint density at radius 2 is 1.86 bits per heavy atom. The van der Waals surface area contributed by atoms with E-state index in [1.807, 2.05) is 36.4 Å². The number of rotatable bonds is 5. The summed E-state index contributed by atoms with van der Waals surface area (Å²) in [6.45, 7) is 0.429. The van der Waals surface area contributed by atoms with E-state index in [9.17, 15) is 0 Å². The second kappa shape index (κ2) is 7.56. The molecule has 0 bridgehead atoms. The summed E-state index contributed by atoms with van der Waals surface area (Å²) in [6, 6.07) is 12.9. The van der Waals surface area contributed by atoms with Crippen LogP contribution in [0, 0.1) is 0 Å². The minimum Gasteiger partial charge on any atom is -0.497 e. The summed E-state index contributed by atoms with van der Waals surface area (Å²) in [6.07, 6.45) is 0. The number of nitrogens with one attached hydrogen (secondary N) is 1. The number of nitrogens with two attached hydrogens (primary N) is 1. The van der Waals surface area contributed by atoms with E-state index in [1.165, 1.54) is 0 Å². The van der Waals surface area contributed by atoms with Gasteiger partial charge in [-0.25, -0.2) is 4.99 Å². The van der Waals surface area contributed by atoms with Crippen LogP contribution in [0.1, 0.15) is 5.56 Å². The van der Waals surface area contributed by atoms with Gasteiger partial charge in [0.1, 0.15) is 11.5 Å². The van der Waals surface area contributed by atoms with Crippen molar-refractivity contribution in [2.24, 2.45) is 10.7 Å². The number of hydrogen-bond donors (Lipinski definition) is 2. The first-order valence-corrected chi connectivity index (χ1v) is 7.03. The quantitative estimate of drug-likeness (QED) is 0.655. The lowest BCUT2D eigenvalue weighted by atomic mass is 10.2. The number of nitrogens with zero attached hydrogens (tertiary/aromatic N) is 1. The Bertz CT molecular complexity index is 657. The van der Waals surface area contributed by atoms with Crippen LogP contribution in [0.2, 0.25) is 5.02 Å². The average molecular weight is 320 g/mol. The van der Waals surface area contributed by atoms with Crippen LogP contribution in [-0.4, -0.2) is 20.2 Å². The first-order valence-electron chi connectivity index (χ1n) is 6.66. The van der Waals surface area contributed by atoms with E-state index in [0.717, 1.165) is 17.0 Å². The maximum atomic E-state index is 6.07. The van der Waals surface area contributed by atoms with Gasteiger partial charge in [0.2, 0.25) is 0 Å². The van der Waals surface area contributed by atoms with E-state index < -0.39 is 0 Å². The fraction of sp³-hybridized carbons (Fsp3) is 0.188. The number of halogens is 1. The SMILES string of the molecule is COc1ccc(NC(N)=NCc2ccc(OC)c(Cl)c2)cc1. The molecule has 0 aromatic heterocycles. The summed E-state index contributed by atoms with van der Waals surface area (Å²) in [5.41, 5.74) is 7.66. The molecule has 0 amide bonds. The van der Waals surface area contributed by atoms with E-state index in [2.05, 4.69) is 10.3 Å². The summed E-state index contributed by atoms with van der Waals surface area (Å²) in [5.74, 6) is 1.75. The Morgan fingerprint density at radius 3 is 2.45 bits per heavy atom. The molecule has 0 saturated heterocycles. The molecule has 0 atom stereocenters. The Labute approximate surface area is 134 Å². The number of guanidine groups is 1. The van der Waals surface area contributed by atoms with Crippen LogP contribution >= 0.6 is 11.6 Å². The normalized spacial score (nSPS) is 11.1. The van der Waals surface area contributed by atoms with E-state index in [-0.39, 0.29) is 0 Å². The van der Waals surface area contributed by atoms with Crippen molar-refractivity contribution in [1.82, 2.24) is 0 Å². The number of anilines is 1. The van der Waals surface area contributed by atoms with Crippen molar-refractivity contribution in [1.29, 1.82) is 0 Å². The molecule has 0 saturated carbocycles. The van der Waals surface area contributed by atoms with Crippen LogP contribution in [0.4, 0.5) is 5.69 Å². The maximum Gasteiger partial charge on any atom is 0.193 e. The number of ether oxygens (including phenoxy) is 2. The number of methoxy groups -OCH3 is 2. The average Bonchev–Trinajstić information content (AvgIpc) is 2.54. The monoisotopic (exact) mass is 319 g/mol. The van der Waals surface area contributed by atoms with Crippen molar-refractivity contribution < 1.29 is 9.47 Å². The van der Waals surface area contributed by atoms with Gasteiger partial charge < -0.3 is 20.5 Å². The molecule has 2 aromatic carbocycles. The van der Waals surface area contributed by atoms with Gasteiger partial charge in [0, 0.05) is 5.69 Å². The molecule has 6 heteroatoms. The topological polar surface area (TPSA) is 68.9 Å². The molecular weight excluding hydrogens is 302 g/mol. The van der Waals surface area contributed by atoms with Crippen molar-refractivity contribution >= 4 is 23.2 Å². The fourth-order valence-corrected chi connectivity index (χ4v) is 2.13. The Hall–Kier alpha value is -2.40. The van der Waals surface area contributed by atoms with Crippen molar-refractivity contribution in [2.45, 2.75) is 6.54 Å². The van der Waals surface area contributed by atoms with Gasteiger partial charge in [-0.3, -0.25) is 0 Å². The van der Waals surface area contributed by atoms with Crippen molar-refractivity contribution in [2.75, 3.05) is 19.5 Å². The zero-order valence-electron chi connectivity index (χ0n) is 12.5. The zero-order valence-corrected chi connectivity index (χ0v) is 13.2. The molecule has 0 unspecified atom stereocenters. The lowest BCUT2D eigenvalue weighted by molar-refractivity contribution is 0.415. The highest BCUT2D eigenvalue weighted by atomic mass is 35.5. The van der Waals surface area contributed by atoms with Gasteiger partial charge in [-0.2, -0.15) is 0 Å². The van der Waals surface area contributed by atoms with E-state index >= 15 is 0 Å². The van der Waals surface area contributed by atoms with Crippen LogP contribution in [0.25, 0.3) is 0 Å². The number of hydrogen-bond acceptors (Lipinski definition) is 3. The second-order valence-electron chi connectivity index (χ2n) is 4.52. The van der Waals surface area contributed by atoms with Crippen LogP contribution in [0.15, 0.2) is 47.5 Å². The lowest BCUT2D eigenvalue weighted by Gasteiger charge is -2.07. The summed E-state index contributed by atoms with van der Waals surface area (Å²) in [7, 11) is 3.20. The van der Waals surface area contributed by atoms with Gasteiger partial charge >= 0.3 is 0 Å². The molecule has 0 aliphatic carbocycles. The predicted octanol–water partition coefficient (Wildman–Crippen LogP) is 3.28. The molecule has 0 aliphatic heterocycles. The van der Waals surface area contributed by atoms with Gasteiger partial charge in [-0.15, -0.1) is 0 Å².